The molecule has 0 heterocycles. The molecule has 2 heteroatoms. The number of hydrogen-bond donors (Lipinski definition) is 1. The van der Waals surface area contributed by atoms with E-state index >= 15 is 0 Å². The molecule has 0 atom stereocenters. The second-order valence-corrected chi connectivity index (χ2v) is 5.40. The third-order valence-corrected chi connectivity index (χ3v) is 4.13. The van der Waals surface area contributed by atoms with Gasteiger partial charge in [0.1, 0.15) is 5.75 Å². The molecule has 0 radical (unpaired) electrons. The zero-order chi connectivity index (χ0) is 14.2. The number of nitrogens with zero attached hydrogens (tertiary/aromatic N) is 1. The van der Waals surface area contributed by atoms with Crippen LogP contribution in [0, 0.1) is 0 Å². The van der Waals surface area contributed by atoms with Crippen LogP contribution < -0.4 is 0 Å². The monoisotopic (exact) mass is 273 g/mol. The van der Waals surface area contributed by atoms with Crippen molar-refractivity contribution in [3.8, 4) is 5.75 Å². The number of phenols is 1. The van der Waals surface area contributed by atoms with E-state index in [9.17, 15) is 5.11 Å². The van der Waals surface area contributed by atoms with E-state index in [1.165, 1.54) is 21.9 Å². The summed E-state index contributed by atoms with van der Waals surface area (Å²) in [6.45, 7) is 0. The van der Waals surface area contributed by atoms with Crippen molar-refractivity contribution >= 4 is 22.7 Å². The Morgan fingerprint density at radius 1 is 0.857 bits per heavy atom. The third-order valence-electron chi connectivity index (χ3n) is 4.13. The average Bonchev–Trinajstić information content (AvgIpc) is 2.93. The zero-order valence-electron chi connectivity index (χ0n) is 11.6. The van der Waals surface area contributed by atoms with E-state index < -0.39 is 0 Å². The molecule has 4 rings (SSSR count). The van der Waals surface area contributed by atoms with Crippen molar-refractivity contribution in [3.05, 3.63) is 71.3 Å². The lowest BCUT2D eigenvalue weighted by Gasteiger charge is -2.05. The lowest BCUT2D eigenvalue weighted by atomic mass is 10.0. The Hall–Kier alpha value is -2.61. The minimum absolute atomic E-state index is 0.257. The Balaban J connectivity index is 1.84. The molecule has 102 valence electrons. The van der Waals surface area contributed by atoms with Gasteiger partial charge in [-0.3, -0.25) is 4.99 Å². The van der Waals surface area contributed by atoms with Crippen molar-refractivity contribution < 1.29 is 5.11 Å². The van der Waals surface area contributed by atoms with Gasteiger partial charge in [0.15, 0.2) is 0 Å². The summed E-state index contributed by atoms with van der Waals surface area (Å²) in [6.07, 6.45) is 3.98. The van der Waals surface area contributed by atoms with E-state index in [1.807, 2.05) is 18.2 Å². The van der Waals surface area contributed by atoms with Crippen LogP contribution in [0.15, 0.2) is 59.6 Å². The molecule has 3 aromatic rings. The van der Waals surface area contributed by atoms with Crippen molar-refractivity contribution in [1.29, 1.82) is 0 Å². The second kappa shape index (κ2) is 4.74. The summed E-state index contributed by atoms with van der Waals surface area (Å²) in [4.78, 5) is 4.59. The fraction of sp³-hybridized carbons (Fsp3) is 0.105. The minimum atomic E-state index is 0.257. The summed E-state index contributed by atoms with van der Waals surface area (Å²) in [5, 5.41) is 12.4. The minimum Gasteiger partial charge on any atom is -0.507 e. The number of para-hydroxylation sites is 1. The Kier molecular flexibility index (Phi) is 2.74. The van der Waals surface area contributed by atoms with Crippen LogP contribution in [-0.2, 0) is 12.8 Å². The summed E-state index contributed by atoms with van der Waals surface area (Å²) in [7, 11) is 0. The van der Waals surface area contributed by atoms with Crippen molar-refractivity contribution in [2.24, 2.45) is 4.99 Å². The summed E-state index contributed by atoms with van der Waals surface area (Å²) in [5.74, 6) is 0.257. The van der Waals surface area contributed by atoms with Crippen LogP contribution in [0.5, 0.6) is 5.75 Å². The Labute approximate surface area is 123 Å². The van der Waals surface area contributed by atoms with Crippen LogP contribution in [0.4, 0.5) is 5.69 Å². The van der Waals surface area contributed by atoms with Gasteiger partial charge in [-0.1, -0.05) is 36.4 Å². The molecule has 0 aliphatic heterocycles. The Morgan fingerprint density at radius 3 is 2.52 bits per heavy atom. The fourth-order valence-corrected chi connectivity index (χ4v) is 3.08. The van der Waals surface area contributed by atoms with Crippen LogP contribution >= 0.6 is 0 Å². The van der Waals surface area contributed by atoms with E-state index in [2.05, 4.69) is 35.3 Å². The number of aliphatic imine (C=N–C) groups is 1. The number of aromatic hydroxyl groups is 1. The molecule has 0 saturated heterocycles. The summed E-state index contributed by atoms with van der Waals surface area (Å²) in [6, 6.07) is 17.9. The predicted octanol–water partition coefficient (Wildman–Crippen LogP) is 4.39. The van der Waals surface area contributed by atoms with Crippen LogP contribution in [0.1, 0.15) is 16.7 Å². The quantitative estimate of drug-likeness (QED) is 0.690. The van der Waals surface area contributed by atoms with Gasteiger partial charge in [0.05, 0.1) is 5.69 Å². The number of phenolic OH excluding ortho intramolecular Hbond substituents is 1. The Morgan fingerprint density at radius 2 is 1.67 bits per heavy atom. The standard InChI is InChI=1S/C19H15NO/c21-18-7-2-1-4-15(18)12-20-17-11-10-14-9-8-13-5-3-6-16(17)19(13)14/h1-7,10-12,21H,8-9H2. The topological polar surface area (TPSA) is 32.6 Å². The highest BCUT2D eigenvalue weighted by atomic mass is 16.3. The largest absolute Gasteiger partial charge is 0.507 e. The van der Waals surface area contributed by atoms with Crippen molar-refractivity contribution in [1.82, 2.24) is 0 Å². The lowest BCUT2D eigenvalue weighted by molar-refractivity contribution is 0.474. The molecule has 1 aliphatic carbocycles. The molecule has 0 bridgehead atoms. The lowest BCUT2D eigenvalue weighted by Crippen LogP contribution is -1.83. The second-order valence-electron chi connectivity index (χ2n) is 5.40. The zero-order valence-corrected chi connectivity index (χ0v) is 11.6. The molecule has 0 unspecified atom stereocenters. The first-order valence-electron chi connectivity index (χ1n) is 7.18. The average molecular weight is 273 g/mol. The highest BCUT2D eigenvalue weighted by Gasteiger charge is 2.15. The van der Waals surface area contributed by atoms with Crippen LogP contribution in [-0.4, -0.2) is 11.3 Å². The number of hydrogen-bond acceptors (Lipinski definition) is 2. The molecule has 0 aromatic heterocycles. The van der Waals surface area contributed by atoms with Gasteiger partial charge >= 0.3 is 0 Å². The Bertz CT molecular complexity index is 854. The molecule has 1 aliphatic rings. The highest BCUT2D eigenvalue weighted by Crippen LogP contribution is 2.36. The molecule has 21 heavy (non-hydrogen) atoms. The van der Waals surface area contributed by atoms with Gasteiger partial charge in [-0.2, -0.15) is 0 Å². The molecule has 0 fully saturated rings. The maximum Gasteiger partial charge on any atom is 0.124 e. The molecular weight excluding hydrogens is 258 g/mol. The molecule has 0 spiro atoms. The first kappa shape index (κ1) is 12.2. The normalized spacial score (nSPS) is 13.3. The van der Waals surface area contributed by atoms with Crippen LogP contribution in [0.3, 0.4) is 0 Å². The number of rotatable bonds is 2. The molecule has 2 nitrogen and oxygen atoms in total. The highest BCUT2D eigenvalue weighted by molar-refractivity contribution is 6.00. The molecular formula is C19H15NO. The summed E-state index contributed by atoms with van der Waals surface area (Å²) >= 11 is 0. The molecule has 0 amide bonds. The van der Waals surface area contributed by atoms with Gasteiger partial charge in [-0.05, 0) is 47.6 Å². The van der Waals surface area contributed by atoms with E-state index in [0.717, 1.165) is 24.1 Å². The van der Waals surface area contributed by atoms with Gasteiger partial charge in [0.2, 0.25) is 0 Å². The van der Waals surface area contributed by atoms with Crippen molar-refractivity contribution in [2.75, 3.05) is 0 Å². The smallest absolute Gasteiger partial charge is 0.124 e. The third kappa shape index (κ3) is 2.00. The fourth-order valence-electron chi connectivity index (χ4n) is 3.08. The number of benzene rings is 3. The van der Waals surface area contributed by atoms with Gasteiger partial charge in [-0.15, -0.1) is 0 Å². The summed E-state index contributed by atoms with van der Waals surface area (Å²) < 4.78 is 0. The van der Waals surface area contributed by atoms with Crippen LogP contribution in [0.2, 0.25) is 0 Å². The SMILES string of the molecule is Oc1ccccc1C=Nc1ccc2c3c(cccc13)CC2. The van der Waals surface area contributed by atoms with Gasteiger partial charge < -0.3 is 5.11 Å². The van der Waals surface area contributed by atoms with E-state index in [0.29, 0.717) is 0 Å². The number of aryl methyl sites for hydroxylation is 2. The van der Waals surface area contributed by atoms with Crippen molar-refractivity contribution in [3.63, 3.8) is 0 Å². The molecule has 1 N–H and O–H groups in total. The van der Waals surface area contributed by atoms with Crippen LogP contribution in [0.25, 0.3) is 10.8 Å². The first-order valence-corrected chi connectivity index (χ1v) is 7.18. The van der Waals surface area contributed by atoms with E-state index in [1.54, 1.807) is 12.3 Å². The van der Waals surface area contributed by atoms with Gasteiger partial charge in [0.25, 0.3) is 0 Å². The van der Waals surface area contributed by atoms with Gasteiger partial charge in [-0.25, -0.2) is 0 Å². The maximum absolute atomic E-state index is 9.81. The molecule has 3 aromatic carbocycles. The van der Waals surface area contributed by atoms with Crippen molar-refractivity contribution in [2.45, 2.75) is 12.8 Å². The first-order chi connectivity index (χ1) is 10.3. The predicted molar refractivity (Wildman–Crippen MR) is 86.7 cm³/mol. The van der Waals surface area contributed by atoms with Gasteiger partial charge in [0, 0.05) is 17.2 Å². The summed E-state index contributed by atoms with van der Waals surface area (Å²) in [5.41, 5.74) is 4.53. The van der Waals surface area contributed by atoms with E-state index in [4.69, 9.17) is 0 Å². The maximum atomic E-state index is 9.81. The molecule has 0 saturated carbocycles. The van der Waals surface area contributed by atoms with E-state index in [-0.39, 0.29) is 5.75 Å².